The van der Waals surface area contributed by atoms with Gasteiger partial charge in [-0.25, -0.2) is 0 Å². The summed E-state index contributed by atoms with van der Waals surface area (Å²) in [5.74, 6) is -1.37. The van der Waals surface area contributed by atoms with Gasteiger partial charge in [0.1, 0.15) is 0 Å². The summed E-state index contributed by atoms with van der Waals surface area (Å²) >= 11 is 3.40. The van der Waals surface area contributed by atoms with E-state index in [1.54, 1.807) is 7.11 Å². The van der Waals surface area contributed by atoms with Gasteiger partial charge in [-0.05, 0) is 48.3 Å². The highest BCUT2D eigenvalue weighted by Crippen LogP contribution is 2.44. The maximum Gasteiger partial charge on any atom is 0.307 e. The molecular formula is C16H21BrO4. The van der Waals surface area contributed by atoms with E-state index in [2.05, 4.69) is 15.9 Å². The summed E-state index contributed by atoms with van der Waals surface area (Å²) in [6, 6.07) is 7.80. The van der Waals surface area contributed by atoms with Crippen LogP contribution in [0.1, 0.15) is 24.3 Å². The van der Waals surface area contributed by atoms with E-state index in [4.69, 9.17) is 4.74 Å². The number of halogens is 1. The lowest BCUT2D eigenvalue weighted by Gasteiger charge is -2.39. The van der Waals surface area contributed by atoms with Gasteiger partial charge in [-0.1, -0.05) is 28.1 Å². The monoisotopic (exact) mass is 356 g/mol. The summed E-state index contributed by atoms with van der Waals surface area (Å²) in [4.78, 5) is 11.7. The van der Waals surface area contributed by atoms with Crippen molar-refractivity contribution in [3.8, 4) is 0 Å². The van der Waals surface area contributed by atoms with Gasteiger partial charge in [0, 0.05) is 24.8 Å². The lowest BCUT2D eigenvalue weighted by Crippen LogP contribution is -2.39. The first kappa shape index (κ1) is 16.5. The van der Waals surface area contributed by atoms with Crippen LogP contribution < -0.4 is 0 Å². The average molecular weight is 357 g/mol. The number of hydrogen-bond acceptors (Lipinski definition) is 3. The molecule has 0 radical (unpaired) electrons. The predicted octanol–water partition coefficient (Wildman–Crippen LogP) is 2.90. The zero-order chi connectivity index (χ0) is 15.4. The minimum atomic E-state index is -0.821. The molecule has 1 aliphatic rings. The smallest absolute Gasteiger partial charge is 0.307 e. The number of aliphatic carboxylic acids is 1. The van der Waals surface area contributed by atoms with Crippen LogP contribution in [-0.4, -0.2) is 36.5 Å². The number of carboxylic acid groups (broad SMARTS) is 1. The zero-order valence-corrected chi connectivity index (χ0v) is 13.6. The summed E-state index contributed by atoms with van der Waals surface area (Å²) in [7, 11) is 1.66. The minimum Gasteiger partial charge on any atom is -0.481 e. The van der Waals surface area contributed by atoms with Crippen LogP contribution in [0, 0.1) is 17.8 Å². The molecule has 1 saturated carbocycles. The van der Waals surface area contributed by atoms with E-state index in [0.717, 1.165) is 16.5 Å². The summed E-state index contributed by atoms with van der Waals surface area (Å²) < 4.78 is 6.21. The summed E-state index contributed by atoms with van der Waals surface area (Å²) in [6.45, 7) is 0.514. The first-order valence-corrected chi connectivity index (χ1v) is 7.94. The Morgan fingerprint density at radius 2 is 2.00 bits per heavy atom. The fourth-order valence-corrected chi connectivity index (χ4v) is 3.76. The topological polar surface area (TPSA) is 66.8 Å². The molecule has 4 atom stereocenters. The molecule has 0 aromatic heterocycles. The Bertz CT molecular complexity index is 474. The Hall–Kier alpha value is -0.910. The Morgan fingerprint density at radius 1 is 1.33 bits per heavy atom. The van der Waals surface area contributed by atoms with Crippen LogP contribution >= 0.6 is 15.9 Å². The summed E-state index contributed by atoms with van der Waals surface area (Å²) in [5.41, 5.74) is 1.02. The van der Waals surface area contributed by atoms with Crippen molar-refractivity contribution in [3.05, 3.63) is 34.3 Å². The van der Waals surface area contributed by atoms with E-state index < -0.39 is 11.9 Å². The molecule has 21 heavy (non-hydrogen) atoms. The van der Waals surface area contributed by atoms with Gasteiger partial charge >= 0.3 is 5.97 Å². The molecule has 5 heteroatoms. The number of hydrogen-bond donors (Lipinski definition) is 2. The third-order valence-corrected chi connectivity index (χ3v) is 4.91. The van der Waals surface area contributed by atoms with Crippen molar-refractivity contribution in [2.45, 2.75) is 18.8 Å². The third-order valence-electron chi connectivity index (χ3n) is 4.38. The van der Waals surface area contributed by atoms with Crippen LogP contribution in [0.25, 0.3) is 0 Å². The number of carbonyl (C=O) groups is 1. The molecule has 0 spiro atoms. The van der Waals surface area contributed by atoms with Gasteiger partial charge in [0.25, 0.3) is 0 Å². The standard InChI is InChI=1S/C16H21BrO4/c1-21-9-10-6-12(8-18)15(16(19)20)14(7-10)11-2-4-13(17)5-3-11/h2-5,10,12,14-15,18H,6-9H2,1H3,(H,19,20). The van der Waals surface area contributed by atoms with Crippen molar-refractivity contribution >= 4 is 21.9 Å². The van der Waals surface area contributed by atoms with E-state index in [9.17, 15) is 15.0 Å². The molecule has 0 amide bonds. The highest BCUT2D eigenvalue weighted by molar-refractivity contribution is 9.10. The fraction of sp³-hybridized carbons (Fsp3) is 0.562. The molecule has 1 fully saturated rings. The maximum absolute atomic E-state index is 11.7. The van der Waals surface area contributed by atoms with Crippen LogP contribution in [0.15, 0.2) is 28.7 Å². The molecule has 2 rings (SSSR count). The largest absolute Gasteiger partial charge is 0.481 e. The molecule has 0 saturated heterocycles. The van der Waals surface area contributed by atoms with Gasteiger partial charge < -0.3 is 14.9 Å². The zero-order valence-electron chi connectivity index (χ0n) is 12.0. The Labute approximate surface area is 133 Å². The molecule has 1 aromatic rings. The number of benzene rings is 1. The van der Waals surface area contributed by atoms with Crippen molar-refractivity contribution in [1.82, 2.24) is 0 Å². The first-order valence-electron chi connectivity index (χ1n) is 7.14. The molecule has 2 N–H and O–H groups in total. The fourth-order valence-electron chi connectivity index (χ4n) is 3.49. The minimum absolute atomic E-state index is 0.0818. The summed E-state index contributed by atoms with van der Waals surface area (Å²) in [5, 5.41) is 19.2. The van der Waals surface area contributed by atoms with E-state index in [1.807, 2.05) is 24.3 Å². The van der Waals surface area contributed by atoms with Crippen LogP contribution in [-0.2, 0) is 9.53 Å². The first-order chi connectivity index (χ1) is 10.1. The second kappa shape index (κ2) is 7.38. The predicted molar refractivity (Wildman–Crippen MR) is 83.2 cm³/mol. The molecule has 4 nitrogen and oxygen atoms in total. The SMILES string of the molecule is COCC1CC(CO)C(C(=O)O)C(c2ccc(Br)cc2)C1. The highest BCUT2D eigenvalue weighted by atomic mass is 79.9. The number of methoxy groups -OCH3 is 1. The Balaban J connectivity index is 2.31. The second-order valence-corrected chi connectivity index (χ2v) is 6.67. The number of rotatable bonds is 5. The van der Waals surface area contributed by atoms with Gasteiger partial charge in [0.2, 0.25) is 0 Å². The van der Waals surface area contributed by atoms with E-state index in [-0.39, 0.29) is 24.4 Å². The van der Waals surface area contributed by atoms with Gasteiger partial charge in [-0.15, -0.1) is 0 Å². The van der Waals surface area contributed by atoms with E-state index >= 15 is 0 Å². The quantitative estimate of drug-likeness (QED) is 0.851. The average Bonchev–Trinajstić information content (AvgIpc) is 2.47. The molecule has 116 valence electrons. The Morgan fingerprint density at radius 3 is 2.52 bits per heavy atom. The van der Waals surface area contributed by atoms with Crippen molar-refractivity contribution in [2.75, 3.05) is 20.3 Å². The van der Waals surface area contributed by atoms with Crippen LogP contribution in [0.2, 0.25) is 0 Å². The number of aliphatic hydroxyl groups is 1. The maximum atomic E-state index is 11.7. The molecule has 1 aromatic carbocycles. The van der Waals surface area contributed by atoms with E-state index in [0.29, 0.717) is 13.0 Å². The number of carboxylic acids is 1. The van der Waals surface area contributed by atoms with Gasteiger partial charge in [-0.2, -0.15) is 0 Å². The molecule has 4 unspecified atom stereocenters. The van der Waals surface area contributed by atoms with E-state index in [1.165, 1.54) is 0 Å². The molecular weight excluding hydrogens is 336 g/mol. The number of aliphatic hydroxyl groups excluding tert-OH is 1. The summed E-state index contributed by atoms with van der Waals surface area (Å²) in [6.07, 6.45) is 1.48. The molecule has 1 aliphatic carbocycles. The normalized spacial score (nSPS) is 29.3. The van der Waals surface area contributed by atoms with Crippen LogP contribution in [0.3, 0.4) is 0 Å². The van der Waals surface area contributed by atoms with Gasteiger partial charge in [-0.3, -0.25) is 4.79 Å². The van der Waals surface area contributed by atoms with Gasteiger partial charge in [0.05, 0.1) is 5.92 Å². The van der Waals surface area contributed by atoms with Crippen LogP contribution in [0.5, 0.6) is 0 Å². The lowest BCUT2D eigenvalue weighted by molar-refractivity contribution is -0.147. The van der Waals surface area contributed by atoms with Crippen molar-refractivity contribution in [1.29, 1.82) is 0 Å². The second-order valence-electron chi connectivity index (χ2n) is 5.76. The van der Waals surface area contributed by atoms with Crippen molar-refractivity contribution in [3.63, 3.8) is 0 Å². The number of ether oxygens (including phenoxy) is 1. The molecule has 0 aliphatic heterocycles. The molecule has 0 heterocycles. The van der Waals surface area contributed by atoms with Crippen LogP contribution in [0.4, 0.5) is 0 Å². The van der Waals surface area contributed by atoms with Crippen molar-refractivity contribution < 1.29 is 19.7 Å². The molecule has 0 bridgehead atoms. The highest BCUT2D eigenvalue weighted by Gasteiger charge is 2.42. The van der Waals surface area contributed by atoms with Crippen molar-refractivity contribution in [2.24, 2.45) is 17.8 Å². The lowest BCUT2D eigenvalue weighted by atomic mass is 9.66. The third kappa shape index (κ3) is 3.84. The Kier molecular flexibility index (Phi) is 5.79. The van der Waals surface area contributed by atoms with Gasteiger partial charge in [0.15, 0.2) is 0 Å².